The van der Waals surface area contributed by atoms with E-state index in [4.69, 9.17) is 11.6 Å². The molecule has 4 heteroatoms. The highest BCUT2D eigenvalue weighted by molar-refractivity contribution is 6.18. The lowest BCUT2D eigenvalue weighted by Crippen LogP contribution is -2.34. The second-order valence-electron chi connectivity index (χ2n) is 4.80. The minimum Gasteiger partial charge on any atom is -0.356 e. The maximum atomic E-state index is 5.92. The molecular weight excluding hydrogens is 246 g/mol. The molecule has 1 aromatic heterocycles. The summed E-state index contributed by atoms with van der Waals surface area (Å²) in [6, 6.07) is 8.18. The molecule has 3 rings (SSSR count). The Morgan fingerprint density at radius 1 is 1.17 bits per heavy atom. The van der Waals surface area contributed by atoms with E-state index in [9.17, 15) is 0 Å². The van der Waals surface area contributed by atoms with Crippen molar-refractivity contribution in [2.75, 3.05) is 23.9 Å². The number of hydrogen-bond acceptors (Lipinski definition) is 3. The molecule has 0 atom stereocenters. The van der Waals surface area contributed by atoms with Crippen LogP contribution in [0.4, 0.5) is 5.82 Å². The number of piperidine rings is 1. The molecule has 94 valence electrons. The fourth-order valence-corrected chi connectivity index (χ4v) is 2.85. The van der Waals surface area contributed by atoms with Crippen molar-refractivity contribution in [3.63, 3.8) is 0 Å². The molecule has 0 unspecified atom stereocenters. The molecule has 1 fully saturated rings. The average molecular weight is 262 g/mol. The number of aromatic nitrogens is 2. The van der Waals surface area contributed by atoms with Gasteiger partial charge in [-0.15, -0.1) is 11.6 Å². The molecule has 0 amide bonds. The Morgan fingerprint density at radius 3 is 2.72 bits per heavy atom. The van der Waals surface area contributed by atoms with E-state index in [2.05, 4.69) is 20.9 Å². The smallest absolute Gasteiger partial charge is 0.139 e. The molecule has 1 aliphatic heterocycles. The quantitative estimate of drug-likeness (QED) is 0.778. The van der Waals surface area contributed by atoms with Crippen LogP contribution in [0.1, 0.15) is 12.8 Å². The molecule has 1 aliphatic rings. The summed E-state index contributed by atoms with van der Waals surface area (Å²) in [6.07, 6.45) is 3.97. The Labute approximate surface area is 112 Å². The normalized spacial score (nSPS) is 17.3. The maximum Gasteiger partial charge on any atom is 0.139 e. The van der Waals surface area contributed by atoms with Crippen molar-refractivity contribution in [2.45, 2.75) is 12.8 Å². The van der Waals surface area contributed by atoms with Crippen LogP contribution in [0, 0.1) is 5.92 Å². The first-order valence-corrected chi connectivity index (χ1v) is 6.92. The molecule has 2 aromatic rings. The first kappa shape index (κ1) is 11.7. The minimum absolute atomic E-state index is 0.663. The van der Waals surface area contributed by atoms with E-state index in [1.807, 2.05) is 18.2 Å². The van der Waals surface area contributed by atoms with Crippen LogP contribution in [0.25, 0.3) is 10.9 Å². The van der Waals surface area contributed by atoms with Crippen molar-refractivity contribution in [1.82, 2.24) is 9.97 Å². The number of para-hydroxylation sites is 1. The third-order valence-corrected chi connectivity index (χ3v) is 4.09. The van der Waals surface area contributed by atoms with Crippen molar-refractivity contribution in [1.29, 1.82) is 0 Å². The molecule has 0 spiro atoms. The summed E-state index contributed by atoms with van der Waals surface area (Å²) < 4.78 is 0. The first-order chi connectivity index (χ1) is 8.88. The number of hydrogen-bond donors (Lipinski definition) is 0. The van der Waals surface area contributed by atoms with Gasteiger partial charge in [0, 0.05) is 24.4 Å². The van der Waals surface area contributed by atoms with Gasteiger partial charge in [0.2, 0.25) is 0 Å². The standard InChI is InChI=1S/C14H16ClN3/c15-9-11-5-7-18(8-6-11)14-12-3-1-2-4-13(12)16-10-17-14/h1-4,10-11H,5-9H2. The van der Waals surface area contributed by atoms with Gasteiger partial charge in [-0.05, 0) is 30.9 Å². The van der Waals surface area contributed by atoms with E-state index in [0.29, 0.717) is 5.92 Å². The zero-order chi connectivity index (χ0) is 12.4. The van der Waals surface area contributed by atoms with Crippen molar-refractivity contribution >= 4 is 28.3 Å². The number of rotatable bonds is 2. The summed E-state index contributed by atoms with van der Waals surface area (Å²) in [7, 11) is 0. The Balaban J connectivity index is 1.91. The van der Waals surface area contributed by atoms with Gasteiger partial charge in [0.15, 0.2) is 0 Å². The van der Waals surface area contributed by atoms with Gasteiger partial charge in [-0.25, -0.2) is 9.97 Å². The molecule has 1 saturated heterocycles. The number of alkyl halides is 1. The zero-order valence-corrected chi connectivity index (χ0v) is 11.0. The van der Waals surface area contributed by atoms with Crippen LogP contribution in [0.2, 0.25) is 0 Å². The number of anilines is 1. The van der Waals surface area contributed by atoms with Gasteiger partial charge in [0.05, 0.1) is 5.52 Å². The van der Waals surface area contributed by atoms with Gasteiger partial charge >= 0.3 is 0 Å². The van der Waals surface area contributed by atoms with Gasteiger partial charge in [-0.2, -0.15) is 0 Å². The predicted molar refractivity (Wildman–Crippen MR) is 75.2 cm³/mol. The average Bonchev–Trinajstić information content (AvgIpc) is 2.47. The highest BCUT2D eigenvalue weighted by Crippen LogP contribution is 2.27. The first-order valence-electron chi connectivity index (χ1n) is 6.39. The predicted octanol–water partition coefficient (Wildman–Crippen LogP) is 3.09. The fraction of sp³-hybridized carbons (Fsp3) is 0.429. The highest BCUT2D eigenvalue weighted by atomic mass is 35.5. The summed E-state index contributed by atoms with van der Waals surface area (Å²) in [5.74, 6) is 2.50. The SMILES string of the molecule is ClCC1CCN(c2ncnc3ccccc23)CC1. The van der Waals surface area contributed by atoms with Crippen LogP contribution in [-0.4, -0.2) is 28.9 Å². The molecule has 1 aromatic carbocycles. The number of fused-ring (bicyclic) bond motifs is 1. The van der Waals surface area contributed by atoms with Crippen LogP contribution >= 0.6 is 11.6 Å². The summed E-state index contributed by atoms with van der Waals surface area (Å²) in [6.45, 7) is 2.08. The van der Waals surface area contributed by atoms with E-state index in [0.717, 1.165) is 48.5 Å². The summed E-state index contributed by atoms with van der Waals surface area (Å²) >= 11 is 5.92. The van der Waals surface area contributed by atoms with Crippen LogP contribution in [0.15, 0.2) is 30.6 Å². The number of halogens is 1. The molecule has 2 heterocycles. The van der Waals surface area contributed by atoms with Crippen LogP contribution in [-0.2, 0) is 0 Å². The maximum absolute atomic E-state index is 5.92. The van der Waals surface area contributed by atoms with Crippen LogP contribution < -0.4 is 4.90 Å². The van der Waals surface area contributed by atoms with Gasteiger partial charge in [-0.3, -0.25) is 0 Å². The van der Waals surface area contributed by atoms with Crippen molar-refractivity contribution < 1.29 is 0 Å². The van der Waals surface area contributed by atoms with Gasteiger partial charge in [-0.1, -0.05) is 12.1 Å². The van der Waals surface area contributed by atoms with Crippen molar-refractivity contribution in [3.05, 3.63) is 30.6 Å². The Hall–Kier alpha value is -1.35. The van der Waals surface area contributed by atoms with Crippen molar-refractivity contribution in [3.8, 4) is 0 Å². The monoisotopic (exact) mass is 261 g/mol. The van der Waals surface area contributed by atoms with E-state index < -0.39 is 0 Å². The molecule has 0 bridgehead atoms. The summed E-state index contributed by atoms with van der Waals surface area (Å²) in [5, 5.41) is 1.14. The lowest BCUT2D eigenvalue weighted by atomic mass is 9.99. The second kappa shape index (κ2) is 5.11. The molecule has 0 aliphatic carbocycles. The van der Waals surface area contributed by atoms with Gasteiger partial charge < -0.3 is 4.90 Å². The third-order valence-electron chi connectivity index (χ3n) is 3.65. The van der Waals surface area contributed by atoms with Crippen LogP contribution in [0.5, 0.6) is 0 Å². The molecule has 3 nitrogen and oxygen atoms in total. The lowest BCUT2D eigenvalue weighted by Gasteiger charge is -2.32. The number of nitrogens with zero attached hydrogens (tertiary/aromatic N) is 3. The molecule has 0 N–H and O–H groups in total. The topological polar surface area (TPSA) is 29.0 Å². The summed E-state index contributed by atoms with van der Waals surface area (Å²) in [5.41, 5.74) is 1.02. The summed E-state index contributed by atoms with van der Waals surface area (Å²) in [4.78, 5) is 11.1. The molecule has 0 saturated carbocycles. The van der Waals surface area contributed by atoms with E-state index in [1.165, 1.54) is 0 Å². The Kier molecular flexibility index (Phi) is 3.33. The number of benzene rings is 1. The van der Waals surface area contributed by atoms with Crippen LogP contribution in [0.3, 0.4) is 0 Å². The van der Waals surface area contributed by atoms with Crippen molar-refractivity contribution in [2.24, 2.45) is 5.92 Å². The second-order valence-corrected chi connectivity index (χ2v) is 5.11. The third kappa shape index (κ3) is 2.15. The zero-order valence-electron chi connectivity index (χ0n) is 10.2. The highest BCUT2D eigenvalue weighted by Gasteiger charge is 2.20. The Morgan fingerprint density at radius 2 is 1.94 bits per heavy atom. The largest absolute Gasteiger partial charge is 0.356 e. The lowest BCUT2D eigenvalue weighted by molar-refractivity contribution is 0.441. The van der Waals surface area contributed by atoms with Gasteiger partial charge in [0.25, 0.3) is 0 Å². The molecular formula is C14H16ClN3. The minimum atomic E-state index is 0.663. The molecule has 0 radical (unpaired) electrons. The molecule has 18 heavy (non-hydrogen) atoms. The Bertz CT molecular complexity index is 530. The van der Waals surface area contributed by atoms with Gasteiger partial charge in [0.1, 0.15) is 12.1 Å². The van der Waals surface area contributed by atoms with E-state index in [1.54, 1.807) is 6.33 Å². The fourth-order valence-electron chi connectivity index (χ4n) is 2.54. The van der Waals surface area contributed by atoms with E-state index in [-0.39, 0.29) is 0 Å². The van der Waals surface area contributed by atoms with E-state index >= 15 is 0 Å².